The highest BCUT2D eigenvalue weighted by Gasteiger charge is 2.73. The van der Waals surface area contributed by atoms with Gasteiger partial charge in [0.2, 0.25) is 0 Å². The van der Waals surface area contributed by atoms with Crippen molar-refractivity contribution in [2.45, 2.75) is 33.6 Å². The molecule has 1 fully saturated rings. The molecule has 17 heavy (non-hydrogen) atoms. The summed E-state index contributed by atoms with van der Waals surface area (Å²) in [4.78, 5) is 11.9. The van der Waals surface area contributed by atoms with E-state index in [4.69, 9.17) is 4.74 Å². The molecule has 2 rings (SSSR count). The molecule has 0 N–H and O–H groups in total. The zero-order chi connectivity index (χ0) is 12.8. The maximum absolute atomic E-state index is 11.9. The molecular formula is C15H20O2. The van der Waals surface area contributed by atoms with E-state index in [0.29, 0.717) is 0 Å². The van der Waals surface area contributed by atoms with E-state index >= 15 is 0 Å². The molecule has 1 saturated carbocycles. The van der Waals surface area contributed by atoms with Crippen molar-refractivity contribution >= 4 is 5.97 Å². The highest BCUT2D eigenvalue weighted by molar-refractivity contribution is 5.84. The maximum atomic E-state index is 11.9. The Hall–Kier alpha value is -1.31. The lowest BCUT2D eigenvalue weighted by Gasteiger charge is -2.10. The molecule has 0 aromatic heterocycles. The molecule has 0 amide bonds. The van der Waals surface area contributed by atoms with Crippen molar-refractivity contribution in [3.05, 3.63) is 35.4 Å². The first-order valence-electron chi connectivity index (χ1n) is 6.00. The first kappa shape index (κ1) is 12.2. The summed E-state index contributed by atoms with van der Waals surface area (Å²) in [6, 6.07) is 8.44. The topological polar surface area (TPSA) is 26.3 Å². The van der Waals surface area contributed by atoms with Crippen LogP contribution in [0, 0.1) is 17.8 Å². The van der Waals surface area contributed by atoms with Gasteiger partial charge in [0, 0.05) is 5.92 Å². The van der Waals surface area contributed by atoms with E-state index in [9.17, 15) is 4.79 Å². The van der Waals surface area contributed by atoms with E-state index in [-0.39, 0.29) is 17.3 Å². The molecule has 1 aromatic carbocycles. The molecule has 2 heteroatoms. The van der Waals surface area contributed by atoms with Crippen molar-refractivity contribution in [3.63, 3.8) is 0 Å². The quantitative estimate of drug-likeness (QED) is 0.731. The van der Waals surface area contributed by atoms with Crippen LogP contribution < -0.4 is 0 Å². The Labute approximate surface area is 103 Å². The fourth-order valence-electron chi connectivity index (χ4n) is 3.08. The van der Waals surface area contributed by atoms with Gasteiger partial charge in [-0.3, -0.25) is 4.79 Å². The lowest BCUT2D eigenvalue weighted by molar-refractivity contribution is -0.147. The van der Waals surface area contributed by atoms with Crippen LogP contribution in [-0.4, -0.2) is 13.1 Å². The van der Waals surface area contributed by atoms with Crippen molar-refractivity contribution < 1.29 is 9.53 Å². The van der Waals surface area contributed by atoms with E-state index in [1.165, 1.54) is 18.2 Å². The summed E-state index contributed by atoms with van der Waals surface area (Å²) < 4.78 is 4.95. The molecule has 0 bridgehead atoms. The minimum absolute atomic E-state index is 0.0324. The molecule has 1 aliphatic carbocycles. The van der Waals surface area contributed by atoms with Crippen LogP contribution in [0.4, 0.5) is 0 Å². The van der Waals surface area contributed by atoms with Gasteiger partial charge in [-0.15, -0.1) is 0 Å². The van der Waals surface area contributed by atoms with Crippen LogP contribution in [0.1, 0.15) is 37.8 Å². The van der Waals surface area contributed by atoms with Crippen LogP contribution in [0.15, 0.2) is 24.3 Å². The number of rotatable bonds is 2. The van der Waals surface area contributed by atoms with Gasteiger partial charge < -0.3 is 4.74 Å². The van der Waals surface area contributed by atoms with E-state index < -0.39 is 5.41 Å². The number of benzene rings is 1. The molecule has 1 aromatic rings. The van der Waals surface area contributed by atoms with Crippen LogP contribution in [0.3, 0.4) is 0 Å². The zero-order valence-electron chi connectivity index (χ0n) is 11.2. The minimum Gasteiger partial charge on any atom is -0.469 e. The summed E-state index contributed by atoms with van der Waals surface area (Å²) in [6.07, 6.45) is 0. The number of carbonyl (C=O) groups is 1. The standard InChI is InChI=1S/C15H20O2/c1-10-6-8-11(9-7-10)12-14(2,3)15(12,4)13(16)17-5/h6-9,12H,1-5H3/t12-,15-/m0/s1. The summed E-state index contributed by atoms with van der Waals surface area (Å²) in [6.45, 7) is 8.34. The van der Waals surface area contributed by atoms with Gasteiger partial charge in [-0.1, -0.05) is 43.7 Å². The van der Waals surface area contributed by atoms with Crippen molar-refractivity contribution in [2.75, 3.05) is 7.11 Å². The van der Waals surface area contributed by atoms with Gasteiger partial charge in [0.15, 0.2) is 0 Å². The third kappa shape index (κ3) is 1.50. The monoisotopic (exact) mass is 232 g/mol. The third-order valence-corrected chi connectivity index (χ3v) is 4.57. The highest BCUT2D eigenvalue weighted by Crippen LogP contribution is 2.74. The van der Waals surface area contributed by atoms with Gasteiger partial charge in [0.1, 0.15) is 0 Å². The number of ether oxygens (including phenoxy) is 1. The predicted molar refractivity (Wildman–Crippen MR) is 67.8 cm³/mol. The summed E-state index contributed by atoms with van der Waals surface area (Å²) in [5.74, 6) is 0.149. The first-order valence-corrected chi connectivity index (χ1v) is 6.00. The Kier molecular flexibility index (Phi) is 2.57. The average molecular weight is 232 g/mol. The molecule has 1 aliphatic rings. The highest BCUT2D eigenvalue weighted by atomic mass is 16.5. The van der Waals surface area contributed by atoms with Crippen molar-refractivity contribution in [2.24, 2.45) is 10.8 Å². The van der Waals surface area contributed by atoms with E-state index in [0.717, 1.165) is 0 Å². The SMILES string of the molecule is COC(=O)[C@]1(C)[C@@H](c2ccc(C)cc2)C1(C)C. The minimum atomic E-state index is -0.392. The van der Waals surface area contributed by atoms with Gasteiger partial charge in [-0.25, -0.2) is 0 Å². The molecule has 2 nitrogen and oxygen atoms in total. The first-order chi connectivity index (χ1) is 7.85. The number of hydrogen-bond donors (Lipinski definition) is 0. The van der Waals surface area contributed by atoms with Crippen molar-refractivity contribution in [1.82, 2.24) is 0 Å². The number of aryl methyl sites for hydroxylation is 1. The summed E-state index contributed by atoms with van der Waals surface area (Å²) in [5.41, 5.74) is 2.05. The van der Waals surface area contributed by atoms with Crippen molar-refractivity contribution in [3.8, 4) is 0 Å². The number of hydrogen-bond acceptors (Lipinski definition) is 2. The molecule has 0 unspecified atom stereocenters. The van der Waals surface area contributed by atoms with E-state index in [1.807, 2.05) is 6.92 Å². The molecule has 0 spiro atoms. The Morgan fingerprint density at radius 2 is 1.71 bits per heavy atom. The maximum Gasteiger partial charge on any atom is 0.312 e. The second-order valence-electron chi connectivity index (χ2n) is 5.76. The van der Waals surface area contributed by atoms with Crippen LogP contribution in [-0.2, 0) is 9.53 Å². The van der Waals surface area contributed by atoms with Crippen LogP contribution in [0.25, 0.3) is 0 Å². The summed E-state index contributed by atoms with van der Waals surface area (Å²) in [5, 5.41) is 0. The normalized spacial score (nSPS) is 29.8. The van der Waals surface area contributed by atoms with E-state index in [2.05, 4.69) is 45.0 Å². The number of esters is 1. The van der Waals surface area contributed by atoms with Gasteiger partial charge in [0.05, 0.1) is 12.5 Å². The zero-order valence-corrected chi connectivity index (χ0v) is 11.2. The second-order valence-corrected chi connectivity index (χ2v) is 5.76. The molecule has 2 atom stereocenters. The van der Waals surface area contributed by atoms with Gasteiger partial charge in [0.25, 0.3) is 0 Å². The smallest absolute Gasteiger partial charge is 0.312 e. The lowest BCUT2D eigenvalue weighted by atomic mass is 9.98. The predicted octanol–water partition coefficient (Wildman–Crippen LogP) is 3.30. The fourth-order valence-corrected chi connectivity index (χ4v) is 3.08. The number of methoxy groups -OCH3 is 1. The van der Waals surface area contributed by atoms with E-state index in [1.54, 1.807) is 0 Å². The van der Waals surface area contributed by atoms with Gasteiger partial charge in [-0.2, -0.15) is 0 Å². The molecule has 0 aliphatic heterocycles. The Bertz CT molecular complexity index is 444. The van der Waals surface area contributed by atoms with Gasteiger partial charge >= 0.3 is 5.97 Å². The molecular weight excluding hydrogens is 212 g/mol. The summed E-state index contributed by atoms with van der Waals surface area (Å²) in [7, 11) is 1.47. The van der Waals surface area contributed by atoms with Crippen LogP contribution >= 0.6 is 0 Å². The van der Waals surface area contributed by atoms with Crippen LogP contribution in [0.2, 0.25) is 0 Å². The Morgan fingerprint density at radius 1 is 1.18 bits per heavy atom. The summed E-state index contributed by atoms with van der Waals surface area (Å²) >= 11 is 0. The lowest BCUT2D eigenvalue weighted by Crippen LogP contribution is -2.19. The number of carbonyl (C=O) groups excluding carboxylic acids is 1. The Balaban J connectivity index is 2.36. The molecule has 0 radical (unpaired) electrons. The third-order valence-electron chi connectivity index (χ3n) is 4.57. The van der Waals surface area contributed by atoms with Crippen LogP contribution in [0.5, 0.6) is 0 Å². The Morgan fingerprint density at radius 3 is 2.18 bits per heavy atom. The molecule has 92 valence electrons. The second kappa shape index (κ2) is 3.59. The largest absolute Gasteiger partial charge is 0.469 e. The van der Waals surface area contributed by atoms with Crippen molar-refractivity contribution in [1.29, 1.82) is 0 Å². The molecule has 0 heterocycles. The van der Waals surface area contributed by atoms with Gasteiger partial charge in [-0.05, 0) is 24.8 Å². The molecule has 0 saturated heterocycles. The average Bonchev–Trinajstić information content (AvgIpc) is 2.75. The fraction of sp³-hybridized carbons (Fsp3) is 0.533.